The molecule has 16 heavy (non-hydrogen) atoms. The summed E-state index contributed by atoms with van der Waals surface area (Å²) in [5.74, 6) is 0.314. The van der Waals surface area contributed by atoms with Crippen LogP contribution in [0.1, 0.15) is 20.8 Å². The lowest BCUT2D eigenvalue weighted by atomic mass is 10.1. The molecule has 0 fully saturated rings. The van der Waals surface area contributed by atoms with E-state index >= 15 is 0 Å². The van der Waals surface area contributed by atoms with Crippen molar-refractivity contribution >= 4 is 17.9 Å². The van der Waals surface area contributed by atoms with E-state index < -0.39 is 6.09 Å². The van der Waals surface area contributed by atoms with E-state index in [1.807, 2.05) is 33.1 Å². The minimum atomic E-state index is -0.488. The second kappa shape index (κ2) is 5.21. The van der Waals surface area contributed by atoms with E-state index in [9.17, 15) is 4.79 Å². The molecule has 0 aromatic carbocycles. The Morgan fingerprint density at radius 3 is 2.75 bits per heavy atom. The van der Waals surface area contributed by atoms with Crippen molar-refractivity contribution in [2.45, 2.75) is 31.2 Å². The average molecular weight is 240 g/mol. The van der Waals surface area contributed by atoms with Crippen molar-refractivity contribution in [1.29, 1.82) is 0 Å². The van der Waals surface area contributed by atoms with E-state index in [0.29, 0.717) is 5.88 Å². The lowest BCUT2D eigenvalue weighted by Gasteiger charge is -2.19. The highest BCUT2D eigenvalue weighted by atomic mass is 32.2. The van der Waals surface area contributed by atoms with Gasteiger partial charge in [-0.05, 0) is 33.1 Å². The van der Waals surface area contributed by atoms with Gasteiger partial charge in [-0.3, -0.25) is 0 Å². The monoisotopic (exact) mass is 240 g/mol. The highest BCUT2D eigenvalue weighted by Crippen LogP contribution is 2.18. The lowest BCUT2D eigenvalue weighted by molar-refractivity contribution is 0.188. The third-order valence-corrected chi connectivity index (χ3v) is 2.34. The van der Waals surface area contributed by atoms with Crippen molar-refractivity contribution in [3.8, 4) is 5.88 Å². The van der Waals surface area contributed by atoms with Gasteiger partial charge in [0, 0.05) is 22.7 Å². The molecule has 1 heterocycles. The number of hydrogen-bond donors (Lipinski definition) is 1. The standard InChI is InChI=1S/C11H16N2O2S/c1-11(2,3)13-10(14)15-9-7-8(16-4)5-6-12-9/h5-7H,1-4H3,(H,13,14). The molecule has 0 spiro atoms. The molecule has 1 rings (SSSR count). The number of carbonyl (C=O) groups is 1. The van der Waals surface area contributed by atoms with E-state index in [2.05, 4.69) is 10.3 Å². The molecule has 4 nitrogen and oxygen atoms in total. The zero-order valence-electron chi connectivity index (χ0n) is 9.90. The molecule has 0 bridgehead atoms. The van der Waals surface area contributed by atoms with Gasteiger partial charge in [-0.25, -0.2) is 9.78 Å². The number of nitrogens with zero attached hydrogens (tertiary/aromatic N) is 1. The van der Waals surface area contributed by atoms with Crippen molar-refractivity contribution in [2.75, 3.05) is 6.26 Å². The zero-order valence-corrected chi connectivity index (χ0v) is 10.7. The predicted molar refractivity (Wildman–Crippen MR) is 64.9 cm³/mol. The number of rotatable bonds is 2. The van der Waals surface area contributed by atoms with Crippen LogP contribution in [0.4, 0.5) is 4.79 Å². The number of amides is 1. The van der Waals surface area contributed by atoms with Gasteiger partial charge in [0.1, 0.15) is 0 Å². The van der Waals surface area contributed by atoms with Crippen LogP contribution in [0.15, 0.2) is 23.2 Å². The van der Waals surface area contributed by atoms with Crippen molar-refractivity contribution in [3.63, 3.8) is 0 Å². The second-order valence-corrected chi connectivity index (χ2v) is 5.18. The SMILES string of the molecule is CSc1ccnc(OC(=O)NC(C)(C)C)c1. The van der Waals surface area contributed by atoms with Crippen molar-refractivity contribution in [2.24, 2.45) is 0 Å². The number of carbonyl (C=O) groups excluding carboxylic acids is 1. The molecule has 1 amide bonds. The molecule has 0 aliphatic carbocycles. The van der Waals surface area contributed by atoms with Gasteiger partial charge < -0.3 is 10.1 Å². The minimum absolute atomic E-state index is 0.311. The molecule has 1 aromatic rings. The van der Waals surface area contributed by atoms with Gasteiger partial charge in [-0.1, -0.05) is 0 Å². The maximum absolute atomic E-state index is 11.4. The van der Waals surface area contributed by atoms with Crippen LogP contribution < -0.4 is 10.1 Å². The molecule has 0 radical (unpaired) electrons. The van der Waals surface area contributed by atoms with Gasteiger partial charge in [0.05, 0.1) is 0 Å². The summed E-state index contributed by atoms with van der Waals surface area (Å²) in [5, 5.41) is 2.70. The first-order valence-corrected chi connectivity index (χ1v) is 6.13. The number of nitrogens with one attached hydrogen (secondary N) is 1. The summed E-state index contributed by atoms with van der Waals surface area (Å²) in [6, 6.07) is 3.59. The fraction of sp³-hybridized carbons (Fsp3) is 0.455. The second-order valence-electron chi connectivity index (χ2n) is 4.30. The quantitative estimate of drug-likeness (QED) is 0.807. The summed E-state index contributed by atoms with van der Waals surface area (Å²) in [7, 11) is 0. The summed E-state index contributed by atoms with van der Waals surface area (Å²) in [5.41, 5.74) is -0.311. The first-order chi connectivity index (χ1) is 7.40. The number of hydrogen-bond acceptors (Lipinski definition) is 4. The average Bonchev–Trinajstić information content (AvgIpc) is 2.15. The fourth-order valence-corrected chi connectivity index (χ4v) is 1.42. The molecule has 0 saturated carbocycles. The molecule has 0 atom stereocenters. The van der Waals surface area contributed by atoms with Gasteiger partial charge in [-0.2, -0.15) is 0 Å². The van der Waals surface area contributed by atoms with Crippen LogP contribution in [0.3, 0.4) is 0 Å². The molecule has 1 aromatic heterocycles. The van der Waals surface area contributed by atoms with Gasteiger partial charge >= 0.3 is 6.09 Å². The van der Waals surface area contributed by atoms with Crippen LogP contribution in [0, 0.1) is 0 Å². The fourth-order valence-electron chi connectivity index (χ4n) is 1.00. The Kier molecular flexibility index (Phi) is 4.18. The molecule has 0 saturated heterocycles. The number of ether oxygens (including phenoxy) is 1. The van der Waals surface area contributed by atoms with Gasteiger partial charge in [0.25, 0.3) is 0 Å². The molecule has 0 aliphatic rings. The molecular formula is C11H16N2O2S. The normalized spacial score (nSPS) is 11.0. The molecule has 88 valence electrons. The Labute approximate surface area is 99.8 Å². The maximum Gasteiger partial charge on any atom is 0.414 e. The smallest absolute Gasteiger partial charge is 0.391 e. The van der Waals surface area contributed by atoms with E-state index in [1.165, 1.54) is 0 Å². The van der Waals surface area contributed by atoms with Gasteiger partial charge in [0.2, 0.25) is 5.88 Å². The van der Waals surface area contributed by atoms with E-state index in [-0.39, 0.29) is 5.54 Å². The Hall–Kier alpha value is -1.23. The third kappa shape index (κ3) is 4.53. The highest BCUT2D eigenvalue weighted by molar-refractivity contribution is 7.98. The van der Waals surface area contributed by atoms with E-state index in [4.69, 9.17) is 4.74 Å². The van der Waals surface area contributed by atoms with Crippen molar-refractivity contribution < 1.29 is 9.53 Å². The molecule has 5 heteroatoms. The topological polar surface area (TPSA) is 51.2 Å². The molecule has 0 unspecified atom stereocenters. The summed E-state index contributed by atoms with van der Waals surface area (Å²) >= 11 is 1.57. The van der Waals surface area contributed by atoms with Crippen LogP contribution >= 0.6 is 11.8 Å². The summed E-state index contributed by atoms with van der Waals surface area (Å²) in [4.78, 5) is 16.4. The van der Waals surface area contributed by atoms with Crippen LogP contribution in [-0.4, -0.2) is 22.9 Å². The van der Waals surface area contributed by atoms with Crippen LogP contribution in [-0.2, 0) is 0 Å². The largest absolute Gasteiger partial charge is 0.414 e. The van der Waals surface area contributed by atoms with Gasteiger partial charge in [0.15, 0.2) is 0 Å². The minimum Gasteiger partial charge on any atom is -0.391 e. The molecule has 1 N–H and O–H groups in total. The maximum atomic E-state index is 11.4. The first-order valence-electron chi connectivity index (χ1n) is 4.91. The Morgan fingerprint density at radius 2 is 2.19 bits per heavy atom. The van der Waals surface area contributed by atoms with Crippen molar-refractivity contribution in [3.05, 3.63) is 18.3 Å². The Balaban J connectivity index is 2.62. The van der Waals surface area contributed by atoms with Crippen LogP contribution in [0.25, 0.3) is 0 Å². The van der Waals surface area contributed by atoms with Crippen LogP contribution in [0.5, 0.6) is 5.88 Å². The van der Waals surface area contributed by atoms with E-state index in [1.54, 1.807) is 24.0 Å². The van der Waals surface area contributed by atoms with Crippen LogP contribution in [0.2, 0.25) is 0 Å². The highest BCUT2D eigenvalue weighted by Gasteiger charge is 2.15. The number of pyridine rings is 1. The lowest BCUT2D eigenvalue weighted by Crippen LogP contribution is -2.42. The summed E-state index contributed by atoms with van der Waals surface area (Å²) < 4.78 is 5.06. The van der Waals surface area contributed by atoms with Gasteiger partial charge in [-0.15, -0.1) is 11.8 Å². The Bertz CT molecular complexity index is 374. The summed E-state index contributed by atoms with van der Waals surface area (Å²) in [6.45, 7) is 5.67. The third-order valence-electron chi connectivity index (χ3n) is 1.62. The Morgan fingerprint density at radius 1 is 1.50 bits per heavy atom. The summed E-state index contributed by atoms with van der Waals surface area (Å²) in [6.07, 6.45) is 3.08. The van der Waals surface area contributed by atoms with Crippen molar-refractivity contribution in [1.82, 2.24) is 10.3 Å². The molecular weight excluding hydrogens is 224 g/mol. The zero-order chi connectivity index (χ0) is 12.2. The number of aromatic nitrogens is 1. The first kappa shape index (κ1) is 12.8. The molecule has 0 aliphatic heterocycles. The number of thioether (sulfide) groups is 1. The van der Waals surface area contributed by atoms with E-state index in [0.717, 1.165) is 4.90 Å². The predicted octanol–water partition coefficient (Wildman–Crippen LogP) is 2.69.